The van der Waals surface area contributed by atoms with Gasteiger partial charge in [-0.25, -0.2) is 0 Å². The van der Waals surface area contributed by atoms with Crippen molar-refractivity contribution in [1.29, 1.82) is 0 Å². The van der Waals surface area contributed by atoms with Crippen LogP contribution in [0.4, 0.5) is 0 Å². The van der Waals surface area contributed by atoms with E-state index in [4.69, 9.17) is 0 Å². The Kier molecular flexibility index (Phi) is 13.2. The molecule has 0 amide bonds. The predicted octanol–water partition coefficient (Wildman–Crippen LogP) is 3.54. The predicted molar refractivity (Wildman–Crippen MR) is 58.6 cm³/mol. The first-order chi connectivity index (χ1) is 5.84. The Labute approximate surface area is 79.2 Å². The van der Waals surface area contributed by atoms with Crippen LogP contribution in [0.1, 0.15) is 54.4 Å². The molecule has 1 nitrogen and oxygen atoms in total. The molecule has 0 aliphatic carbocycles. The van der Waals surface area contributed by atoms with Crippen LogP contribution in [0.15, 0.2) is 0 Å². The summed E-state index contributed by atoms with van der Waals surface area (Å²) in [5, 5.41) is 0. The highest BCUT2D eigenvalue weighted by Crippen LogP contribution is 2.14. The Morgan fingerprint density at radius 3 is 1.83 bits per heavy atom. The molecule has 1 heteroatoms. The zero-order valence-corrected chi connectivity index (χ0v) is 9.85. The second kappa shape index (κ2) is 11.0. The van der Waals surface area contributed by atoms with Crippen molar-refractivity contribution in [2.75, 3.05) is 13.1 Å². The Bertz CT molecular complexity index is 71.4. The van der Waals surface area contributed by atoms with Gasteiger partial charge >= 0.3 is 0 Å². The fourth-order valence-corrected chi connectivity index (χ4v) is 1.46. The van der Waals surface area contributed by atoms with E-state index in [1.807, 2.05) is 27.7 Å². The molecule has 0 radical (unpaired) electrons. The summed E-state index contributed by atoms with van der Waals surface area (Å²) in [6.07, 6.45) is 2.82. The third kappa shape index (κ3) is 5.59. The summed E-state index contributed by atoms with van der Waals surface area (Å²) in [5.74, 6) is 0. The van der Waals surface area contributed by atoms with Crippen LogP contribution in [-0.4, -0.2) is 24.0 Å². The molecular formula is C11H27N. The van der Waals surface area contributed by atoms with Gasteiger partial charge in [0, 0.05) is 6.04 Å². The minimum Gasteiger partial charge on any atom is -0.301 e. The zero-order chi connectivity index (χ0) is 9.98. The molecule has 1 aliphatic rings. The zero-order valence-electron chi connectivity index (χ0n) is 9.85. The maximum absolute atomic E-state index is 2.53. The number of nitrogens with zero attached hydrogens (tertiary/aromatic N) is 1. The average Bonchev–Trinajstić information content (AvgIpc) is 2.58. The first-order valence-electron chi connectivity index (χ1n) is 5.58. The van der Waals surface area contributed by atoms with Gasteiger partial charge in [-0.1, -0.05) is 34.6 Å². The molecule has 0 bridgehead atoms. The lowest BCUT2D eigenvalue weighted by atomic mass is 10.2. The maximum Gasteiger partial charge on any atom is 0.00672 e. The largest absolute Gasteiger partial charge is 0.301 e. The second-order valence-corrected chi connectivity index (χ2v) is 2.62. The van der Waals surface area contributed by atoms with Gasteiger partial charge in [-0.2, -0.15) is 0 Å². The minimum atomic E-state index is 0.861. The molecule has 0 saturated carbocycles. The van der Waals surface area contributed by atoms with Crippen molar-refractivity contribution in [2.45, 2.75) is 60.4 Å². The lowest BCUT2D eigenvalue weighted by molar-refractivity contribution is 0.284. The van der Waals surface area contributed by atoms with Gasteiger partial charge < -0.3 is 4.90 Å². The summed E-state index contributed by atoms with van der Waals surface area (Å²) in [7, 11) is 0. The van der Waals surface area contributed by atoms with Crippen LogP contribution in [0, 0.1) is 0 Å². The fraction of sp³-hybridized carbons (Fsp3) is 1.00. The lowest BCUT2D eigenvalue weighted by Crippen LogP contribution is -2.25. The number of hydrogen-bond donors (Lipinski definition) is 0. The summed E-state index contributed by atoms with van der Waals surface area (Å²) in [4.78, 5) is 2.53. The van der Waals surface area contributed by atoms with Crippen LogP contribution in [0.5, 0.6) is 0 Å². The van der Waals surface area contributed by atoms with Crippen LogP contribution < -0.4 is 0 Å². The molecule has 0 aromatic carbocycles. The van der Waals surface area contributed by atoms with E-state index in [1.165, 1.54) is 25.9 Å². The highest BCUT2D eigenvalue weighted by atomic mass is 15.2. The van der Waals surface area contributed by atoms with Crippen molar-refractivity contribution >= 4 is 0 Å². The summed E-state index contributed by atoms with van der Waals surface area (Å²) >= 11 is 0. The molecule has 0 aromatic rings. The van der Waals surface area contributed by atoms with Gasteiger partial charge in [0.2, 0.25) is 0 Å². The van der Waals surface area contributed by atoms with E-state index in [2.05, 4.69) is 18.7 Å². The second-order valence-electron chi connectivity index (χ2n) is 2.62. The normalized spacial score (nSPS) is 22.0. The monoisotopic (exact) mass is 173 g/mol. The maximum atomic E-state index is 2.53. The molecular weight excluding hydrogens is 146 g/mol. The minimum absolute atomic E-state index is 0.861. The van der Waals surface area contributed by atoms with E-state index in [9.17, 15) is 0 Å². The molecule has 0 spiro atoms. The van der Waals surface area contributed by atoms with E-state index in [0.29, 0.717) is 0 Å². The Hall–Kier alpha value is -0.0400. The standard InChI is InChI=1S/C7H15N.2C2H6/c1-3-8-6-4-5-7(8)2;2*1-2/h7H,3-6H2,1-2H3;2*1-2H3/t7-;;/m1../s1. The van der Waals surface area contributed by atoms with Crippen molar-refractivity contribution in [3.05, 3.63) is 0 Å². The van der Waals surface area contributed by atoms with Gasteiger partial charge in [-0.3, -0.25) is 0 Å². The van der Waals surface area contributed by atoms with Crippen molar-refractivity contribution in [1.82, 2.24) is 4.90 Å². The lowest BCUT2D eigenvalue weighted by Gasteiger charge is -2.17. The van der Waals surface area contributed by atoms with E-state index >= 15 is 0 Å². The Morgan fingerprint density at radius 2 is 1.67 bits per heavy atom. The van der Waals surface area contributed by atoms with Crippen LogP contribution >= 0.6 is 0 Å². The average molecular weight is 173 g/mol. The van der Waals surface area contributed by atoms with Gasteiger partial charge in [0.1, 0.15) is 0 Å². The molecule has 1 rings (SSSR count). The number of likely N-dealkylation sites (tertiary alicyclic amines) is 1. The van der Waals surface area contributed by atoms with Crippen LogP contribution in [0.25, 0.3) is 0 Å². The fourth-order valence-electron chi connectivity index (χ4n) is 1.46. The van der Waals surface area contributed by atoms with Gasteiger partial charge in [0.05, 0.1) is 0 Å². The first-order valence-corrected chi connectivity index (χ1v) is 5.58. The van der Waals surface area contributed by atoms with E-state index in [1.54, 1.807) is 0 Å². The van der Waals surface area contributed by atoms with Crippen LogP contribution in [-0.2, 0) is 0 Å². The van der Waals surface area contributed by atoms with Gasteiger partial charge in [-0.05, 0) is 32.9 Å². The van der Waals surface area contributed by atoms with Crippen molar-refractivity contribution < 1.29 is 0 Å². The smallest absolute Gasteiger partial charge is 0.00672 e. The number of hydrogen-bond acceptors (Lipinski definition) is 1. The van der Waals surface area contributed by atoms with Crippen LogP contribution in [0.2, 0.25) is 0 Å². The van der Waals surface area contributed by atoms with Crippen molar-refractivity contribution in [3.63, 3.8) is 0 Å². The molecule has 1 atom stereocenters. The quantitative estimate of drug-likeness (QED) is 0.586. The molecule has 1 heterocycles. The van der Waals surface area contributed by atoms with E-state index in [-0.39, 0.29) is 0 Å². The topological polar surface area (TPSA) is 3.24 Å². The molecule has 0 unspecified atom stereocenters. The molecule has 76 valence electrons. The summed E-state index contributed by atoms with van der Waals surface area (Å²) in [5.41, 5.74) is 0. The highest BCUT2D eigenvalue weighted by molar-refractivity contribution is 4.72. The summed E-state index contributed by atoms with van der Waals surface area (Å²) in [6.45, 7) is 15.1. The van der Waals surface area contributed by atoms with Gasteiger partial charge in [-0.15, -0.1) is 0 Å². The van der Waals surface area contributed by atoms with E-state index < -0.39 is 0 Å². The van der Waals surface area contributed by atoms with Crippen LogP contribution in [0.3, 0.4) is 0 Å². The molecule has 1 fully saturated rings. The third-order valence-corrected chi connectivity index (χ3v) is 2.10. The van der Waals surface area contributed by atoms with Gasteiger partial charge in [0.15, 0.2) is 0 Å². The van der Waals surface area contributed by atoms with Crippen molar-refractivity contribution in [3.8, 4) is 0 Å². The molecule has 0 N–H and O–H groups in total. The third-order valence-electron chi connectivity index (χ3n) is 2.10. The Morgan fingerprint density at radius 1 is 1.17 bits per heavy atom. The molecule has 1 aliphatic heterocycles. The summed E-state index contributed by atoms with van der Waals surface area (Å²) in [6, 6.07) is 0.861. The SMILES string of the molecule is CC.CC.CCN1CCC[C@H]1C. The molecule has 12 heavy (non-hydrogen) atoms. The molecule has 1 saturated heterocycles. The number of rotatable bonds is 1. The van der Waals surface area contributed by atoms with Gasteiger partial charge in [0.25, 0.3) is 0 Å². The first kappa shape index (κ1) is 14.5. The molecule has 0 aromatic heterocycles. The Balaban J connectivity index is 0. The van der Waals surface area contributed by atoms with E-state index in [0.717, 1.165) is 6.04 Å². The van der Waals surface area contributed by atoms with Crippen molar-refractivity contribution in [2.24, 2.45) is 0 Å². The highest BCUT2D eigenvalue weighted by Gasteiger charge is 2.16. The summed E-state index contributed by atoms with van der Waals surface area (Å²) < 4.78 is 0.